The summed E-state index contributed by atoms with van der Waals surface area (Å²) in [7, 11) is -6.34. The Bertz CT molecular complexity index is 3400. The molecule has 8 aromatic carbocycles. The zero-order valence-corrected chi connectivity index (χ0v) is 33.7. The molecule has 0 spiro atoms. The number of hydrogen-bond donors (Lipinski definition) is 0. The van der Waals surface area contributed by atoms with Gasteiger partial charge in [0.05, 0.1) is 42.3 Å². The third-order valence-electron chi connectivity index (χ3n) is 11.3. The Labute approximate surface area is 345 Å². The quantitative estimate of drug-likeness (QED) is 0.130. The lowest BCUT2D eigenvalue weighted by Crippen LogP contribution is -2.21. The molecule has 0 fully saturated rings. The molecule has 11 rings (SSSR count). The van der Waals surface area contributed by atoms with Crippen molar-refractivity contribution in [2.45, 2.75) is 19.6 Å². The highest BCUT2D eigenvalue weighted by atomic mass is 32.2. The van der Waals surface area contributed by atoms with Gasteiger partial charge in [0.2, 0.25) is 9.84 Å². The molecule has 284 valence electrons. The van der Waals surface area contributed by atoms with Crippen molar-refractivity contribution in [1.82, 2.24) is 0 Å². The number of para-hydroxylation sites is 4. The van der Waals surface area contributed by atoms with Crippen LogP contribution in [0.5, 0.6) is 0 Å². The van der Waals surface area contributed by atoms with Gasteiger partial charge in [0, 0.05) is 41.1 Å². The van der Waals surface area contributed by atoms with Crippen molar-refractivity contribution in [2.75, 3.05) is 9.80 Å². The number of sulfone groups is 1. The second kappa shape index (κ2) is 13.1. The van der Waals surface area contributed by atoms with E-state index >= 15 is 0 Å². The number of anilines is 6. The van der Waals surface area contributed by atoms with E-state index in [0.717, 1.165) is 54.4 Å². The summed E-state index contributed by atoms with van der Waals surface area (Å²) in [5.74, 6) is 4.16. The Morgan fingerprint density at radius 1 is 0.441 bits per heavy atom. The summed E-state index contributed by atoms with van der Waals surface area (Å²) in [6.45, 7) is 0. The van der Waals surface area contributed by atoms with Crippen LogP contribution in [0, 0.1) is 0 Å². The molecule has 1 aromatic heterocycles. The molecule has 6 nitrogen and oxygen atoms in total. The van der Waals surface area contributed by atoms with Gasteiger partial charge in [-0.2, -0.15) is 0 Å². The molecular formula is C50H32N2O4S3. The third kappa shape index (κ3) is 5.36. The van der Waals surface area contributed by atoms with Crippen molar-refractivity contribution in [3.63, 3.8) is 0 Å². The third-order valence-corrected chi connectivity index (χ3v) is 16.4. The van der Waals surface area contributed by atoms with Crippen LogP contribution in [0.15, 0.2) is 206 Å². The van der Waals surface area contributed by atoms with Gasteiger partial charge in [-0.3, -0.25) is 9.00 Å². The average Bonchev–Trinajstić information content (AvgIpc) is 3.27. The van der Waals surface area contributed by atoms with Crippen LogP contribution in [-0.2, 0) is 19.4 Å². The van der Waals surface area contributed by atoms with E-state index in [2.05, 4.69) is 41.1 Å². The van der Waals surface area contributed by atoms with Gasteiger partial charge >= 0.3 is 0 Å². The maximum absolute atomic E-state index is 14.4. The fourth-order valence-corrected chi connectivity index (χ4v) is 13.1. The smallest absolute Gasteiger partial charge is 0.210 e. The van der Waals surface area contributed by atoms with Gasteiger partial charge in [-0.25, -0.2) is 8.42 Å². The monoisotopic (exact) mass is 820 g/mol. The van der Waals surface area contributed by atoms with E-state index in [9.17, 15) is 17.4 Å². The molecule has 9 aromatic rings. The first-order valence-electron chi connectivity index (χ1n) is 19.0. The Morgan fingerprint density at radius 3 is 1.44 bits per heavy atom. The standard InChI is InChI=1S/C50H32N2O4S3/c1-58(54)45-17-6-2-12-39(45)51(40-13-3-7-18-46(40)58)35-26-21-32(22-27-35)34-25-30-38-44(31-34)57-43-16-10-11-37(49(43)50(38)53)33-23-28-36(29-24-33)52-41-14-4-8-19-47(41)59(55,56)48-20-9-5-15-42(48)52/h2-31H,1H2. The highest BCUT2D eigenvalue weighted by molar-refractivity contribution is 8.00. The first kappa shape index (κ1) is 35.4. The summed E-state index contributed by atoms with van der Waals surface area (Å²) < 4.78 is 42.8. The van der Waals surface area contributed by atoms with Crippen molar-refractivity contribution >= 4 is 90.9 Å². The van der Waals surface area contributed by atoms with Crippen LogP contribution in [0.4, 0.5) is 34.1 Å². The van der Waals surface area contributed by atoms with Crippen molar-refractivity contribution in [3.05, 3.63) is 192 Å². The minimum absolute atomic E-state index is 0.0242. The van der Waals surface area contributed by atoms with Crippen LogP contribution in [-0.4, -0.2) is 18.5 Å². The van der Waals surface area contributed by atoms with Gasteiger partial charge in [-0.1, -0.05) is 91.0 Å². The molecule has 0 N–H and O–H groups in total. The van der Waals surface area contributed by atoms with Gasteiger partial charge < -0.3 is 9.80 Å². The minimum atomic E-state index is -3.67. The largest absolute Gasteiger partial charge is 0.308 e. The molecule has 0 aliphatic carbocycles. The number of nitrogens with zero attached hydrogens (tertiary/aromatic N) is 2. The summed E-state index contributed by atoms with van der Waals surface area (Å²) in [5.41, 5.74) is 8.38. The zero-order chi connectivity index (χ0) is 40.0. The normalized spacial score (nSPS) is 14.6. The van der Waals surface area contributed by atoms with E-state index < -0.39 is 19.4 Å². The topological polar surface area (TPSA) is 74.8 Å². The van der Waals surface area contributed by atoms with E-state index in [0.29, 0.717) is 31.9 Å². The summed E-state index contributed by atoms with van der Waals surface area (Å²) in [6.07, 6.45) is 0. The first-order valence-corrected chi connectivity index (χ1v) is 23.0. The molecule has 2 aliphatic rings. The molecule has 0 radical (unpaired) electrons. The predicted octanol–water partition coefficient (Wildman–Crippen LogP) is 12.3. The minimum Gasteiger partial charge on any atom is -0.308 e. The molecule has 0 saturated heterocycles. The molecule has 3 heterocycles. The van der Waals surface area contributed by atoms with Crippen molar-refractivity contribution < 1.29 is 12.6 Å². The molecule has 0 saturated carbocycles. The van der Waals surface area contributed by atoms with E-state index in [1.807, 2.05) is 132 Å². The maximum atomic E-state index is 14.4. The fourth-order valence-electron chi connectivity index (χ4n) is 8.54. The molecule has 2 aliphatic heterocycles. The summed E-state index contributed by atoms with van der Waals surface area (Å²) in [5, 5.41) is 1.33. The van der Waals surface area contributed by atoms with Crippen LogP contribution >= 0.6 is 11.3 Å². The van der Waals surface area contributed by atoms with Crippen molar-refractivity contribution in [1.29, 1.82) is 0 Å². The van der Waals surface area contributed by atoms with E-state index in [-0.39, 0.29) is 15.2 Å². The highest BCUT2D eigenvalue weighted by Gasteiger charge is 2.35. The van der Waals surface area contributed by atoms with Crippen molar-refractivity contribution in [2.24, 2.45) is 0 Å². The Balaban J connectivity index is 0.943. The number of rotatable bonds is 4. The second-order valence-corrected chi connectivity index (χ2v) is 19.8. The fraction of sp³-hybridized carbons (Fsp3) is 0. The van der Waals surface area contributed by atoms with Gasteiger partial charge in [-0.15, -0.1) is 11.3 Å². The maximum Gasteiger partial charge on any atom is 0.210 e. The van der Waals surface area contributed by atoms with Crippen molar-refractivity contribution in [3.8, 4) is 22.3 Å². The van der Waals surface area contributed by atoms with E-state index in [4.69, 9.17) is 0 Å². The second-order valence-electron chi connectivity index (χ2n) is 14.6. The summed E-state index contributed by atoms with van der Waals surface area (Å²) >= 11 is 1.60. The van der Waals surface area contributed by atoms with E-state index in [1.165, 1.54) is 0 Å². The van der Waals surface area contributed by atoms with Crippen LogP contribution in [0.1, 0.15) is 0 Å². The Hall–Kier alpha value is -6.78. The first-order chi connectivity index (χ1) is 28.7. The highest BCUT2D eigenvalue weighted by Crippen LogP contribution is 2.50. The molecule has 9 heteroatoms. The molecule has 59 heavy (non-hydrogen) atoms. The van der Waals surface area contributed by atoms with Crippen LogP contribution < -0.4 is 15.2 Å². The van der Waals surface area contributed by atoms with Crippen LogP contribution in [0.3, 0.4) is 0 Å². The Morgan fingerprint density at radius 2 is 0.898 bits per heavy atom. The molecular weight excluding hydrogens is 789 g/mol. The summed E-state index contributed by atoms with van der Waals surface area (Å²) in [6, 6.07) is 57.9. The average molecular weight is 821 g/mol. The van der Waals surface area contributed by atoms with E-state index in [1.54, 1.807) is 35.6 Å². The lowest BCUT2D eigenvalue weighted by atomic mass is 9.99. The van der Waals surface area contributed by atoms with Gasteiger partial charge in [-0.05, 0) is 119 Å². The molecule has 0 amide bonds. The number of benzene rings is 8. The van der Waals surface area contributed by atoms with Crippen LogP contribution in [0.25, 0.3) is 42.4 Å². The predicted molar refractivity (Wildman–Crippen MR) is 243 cm³/mol. The summed E-state index contributed by atoms with van der Waals surface area (Å²) in [4.78, 5) is 20.4. The number of fused-ring (bicyclic) bond motifs is 6. The molecule has 0 bridgehead atoms. The SMILES string of the molecule is C=S1(=O)c2ccccc2N(c2ccc(-c3ccc4c(=O)c5c(-c6ccc(N7c8ccccc8S(=O)(=O)c8ccccc87)cc6)cccc5sc4c3)cc2)c2ccccc21. The van der Waals surface area contributed by atoms with Gasteiger partial charge in [0.25, 0.3) is 0 Å². The molecule has 0 unspecified atom stereocenters. The molecule has 0 atom stereocenters. The van der Waals surface area contributed by atoms with Crippen LogP contribution in [0.2, 0.25) is 0 Å². The lowest BCUT2D eigenvalue weighted by Gasteiger charge is -2.35. The van der Waals surface area contributed by atoms with Gasteiger partial charge in [0.15, 0.2) is 5.43 Å². The Kier molecular flexibility index (Phi) is 7.87. The van der Waals surface area contributed by atoms with Gasteiger partial charge in [0.1, 0.15) is 0 Å². The zero-order valence-electron chi connectivity index (χ0n) is 31.3. The number of hydrogen-bond acceptors (Lipinski definition) is 7. The lowest BCUT2D eigenvalue weighted by molar-refractivity contribution is 0.595.